The van der Waals surface area contributed by atoms with Crippen LogP contribution < -0.4 is 10.3 Å². The van der Waals surface area contributed by atoms with Gasteiger partial charge in [-0.1, -0.05) is 57.6 Å². The highest BCUT2D eigenvalue weighted by Gasteiger charge is 2.39. The molecule has 1 fully saturated rings. The molecular formula is C29H39NO6S. The molecule has 2 N–H and O–H groups in total. The normalized spacial score (nSPS) is 17.1. The van der Waals surface area contributed by atoms with Crippen molar-refractivity contribution in [3.63, 3.8) is 0 Å². The summed E-state index contributed by atoms with van der Waals surface area (Å²) in [5.41, 5.74) is 0.803. The lowest BCUT2D eigenvalue weighted by Gasteiger charge is -2.21. The zero-order valence-electron chi connectivity index (χ0n) is 21.8. The van der Waals surface area contributed by atoms with Crippen molar-refractivity contribution in [1.29, 1.82) is 0 Å². The van der Waals surface area contributed by atoms with Crippen LogP contribution in [0, 0.1) is 5.92 Å². The number of hydrogen-bond acceptors (Lipinski definition) is 6. The number of fused-ring (bicyclic) bond motifs is 1. The first kappa shape index (κ1) is 27.4. The summed E-state index contributed by atoms with van der Waals surface area (Å²) in [5.74, 6) is -0.464. The van der Waals surface area contributed by atoms with Crippen molar-refractivity contribution < 1.29 is 22.7 Å². The van der Waals surface area contributed by atoms with Gasteiger partial charge in [0.05, 0.1) is 16.9 Å². The molecule has 1 unspecified atom stereocenters. The number of sulfonamides is 1. The predicted octanol–water partition coefficient (Wildman–Crippen LogP) is 6.29. The lowest BCUT2D eigenvalue weighted by Crippen LogP contribution is -2.21. The molecule has 37 heavy (non-hydrogen) atoms. The minimum Gasteiger partial charge on any atom is -0.506 e. The maximum Gasteiger partial charge on any atom is 0.343 e. The molecule has 0 aliphatic heterocycles. The molecule has 202 valence electrons. The molecule has 0 radical (unpaired) electrons. The SMILES string of the molecule is CCCCCCCCS(=O)(=O)Nc1cccc(C(c2c(O)c3c(oc2=O)CCCCCC3=O)C2CC2)c1. The van der Waals surface area contributed by atoms with Crippen LogP contribution in [0.25, 0.3) is 0 Å². The van der Waals surface area contributed by atoms with Crippen molar-refractivity contribution in [2.45, 2.75) is 96.3 Å². The molecule has 1 heterocycles. The lowest BCUT2D eigenvalue weighted by atomic mass is 9.85. The van der Waals surface area contributed by atoms with Crippen molar-refractivity contribution >= 4 is 21.5 Å². The van der Waals surface area contributed by atoms with Gasteiger partial charge >= 0.3 is 5.63 Å². The third-order valence-corrected chi connectivity index (χ3v) is 8.86. The van der Waals surface area contributed by atoms with Crippen molar-refractivity contribution in [3.8, 4) is 5.75 Å². The third kappa shape index (κ3) is 7.03. The molecule has 2 aliphatic rings. The van der Waals surface area contributed by atoms with E-state index in [-0.39, 0.29) is 40.1 Å². The lowest BCUT2D eigenvalue weighted by molar-refractivity contribution is 0.0968. The van der Waals surface area contributed by atoms with Crippen LogP contribution in [0.1, 0.15) is 117 Å². The molecular weight excluding hydrogens is 490 g/mol. The molecule has 1 aromatic carbocycles. The second kappa shape index (κ2) is 12.3. The highest BCUT2D eigenvalue weighted by atomic mass is 32.2. The summed E-state index contributed by atoms with van der Waals surface area (Å²) in [5, 5.41) is 11.2. The van der Waals surface area contributed by atoms with Gasteiger partial charge < -0.3 is 9.52 Å². The second-order valence-corrected chi connectivity index (χ2v) is 12.4. The number of nitrogens with one attached hydrogen (secondary N) is 1. The van der Waals surface area contributed by atoms with E-state index in [2.05, 4.69) is 11.6 Å². The summed E-state index contributed by atoms with van der Waals surface area (Å²) < 4.78 is 33.7. The minimum absolute atomic E-state index is 0.0622. The average Bonchev–Trinajstić information content (AvgIpc) is 3.67. The Morgan fingerprint density at radius 2 is 1.76 bits per heavy atom. The molecule has 2 aliphatic carbocycles. The molecule has 1 atom stereocenters. The number of unbranched alkanes of at least 4 members (excludes halogenated alkanes) is 5. The van der Waals surface area contributed by atoms with Crippen LogP contribution in [-0.2, 0) is 16.4 Å². The number of anilines is 1. The molecule has 0 saturated heterocycles. The average molecular weight is 530 g/mol. The van der Waals surface area contributed by atoms with Gasteiger partial charge in [-0.15, -0.1) is 0 Å². The number of rotatable bonds is 12. The van der Waals surface area contributed by atoms with Gasteiger partial charge in [-0.05, 0) is 55.7 Å². The van der Waals surface area contributed by atoms with E-state index in [1.807, 2.05) is 6.07 Å². The molecule has 2 aromatic rings. The van der Waals surface area contributed by atoms with E-state index in [9.17, 15) is 23.1 Å². The van der Waals surface area contributed by atoms with Crippen LogP contribution in [0.15, 0.2) is 33.5 Å². The van der Waals surface area contributed by atoms with E-state index < -0.39 is 21.6 Å². The van der Waals surface area contributed by atoms with Crippen molar-refractivity contribution in [2.24, 2.45) is 5.92 Å². The quantitative estimate of drug-likeness (QED) is 0.312. The summed E-state index contributed by atoms with van der Waals surface area (Å²) in [6.45, 7) is 2.15. The van der Waals surface area contributed by atoms with E-state index >= 15 is 0 Å². The fourth-order valence-electron chi connectivity index (χ4n) is 5.39. The second-order valence-electron chi connectivity index (χ2n) is 10.6. The Hall–Kier alpha value is -2.61. The zero-order chi connectivity index (χ0) is 26.4. The summed E-state index contributed by atoms with van der Waals surface area (Å²) >= 11 is 0. The number of carbonyl (C=O) groups excluding carboxylic acids is 1. The van der Waals surface area contributed by atoms with E-state index in [0.29, 0.717) is 24.9 Å². The topological polar surface area (TPSA) is 114 Å². The van der Waals surface area contributed by atoms with E-state index in [0.717, 1.165) is 63.4 Å². The first-order valence-electron chi connectivity index (χ1n) is 13.8. The summed E-state index contributed by atoms with van der Waals surface area (Å²) in [6, 6.07) is 7.02. The first-order chi connectivity index (χ1) is 17.8. The van der Waals surface area contributed by atoms with Crippen LogP contribution >= 0.6 is 0 Å². The van der Waals surface area contributed by atoms with Gasteiger partial charge in [-0.2, -0.15) is 0 Å². The first-order valence-corrected chi connectivity index (χ1v) is 15.5. The summed E-state index contributed by atoms with van der Waals surface area (Å²) in [6.07, 6.45) is 10.9. The van der Waals surface area contributed by atoms with Gasteiger partial charge in [0, 0.05) is 24.4 Å². The van der Waals surface area contributed by atoms with Crippen molar-refractivity contribution in [1.82, 2.24) is 0 Å². The Kier molecular flexibility index (Phi) is 9.11. The summed E-state index contributed by atoms with van der Waals surface area (Å²) in [7, 11) is -3.51. The number of aromatic hydroxyl groups is 1. The fourth-order valence-corrected chi connectivity index (χ4v) is 6.57. The van der Waals surface area contributed by atoms with Gasteiger partial charge in [0.2, 0.25) is 10.0 Å². The Morgan fingerprint density at radius 1 is 1.03 bits per heavy atom. The van der Waals surface area contributed by atoms with Crippen LogP contribution in [0.4, 0.5) is 5.69 Å². The highest BCUT2D eigenvalue weighted by Crippen LogP contribution is 2.49. The molecule has 1 saturated carbocycles. The Morgan fingerprint density at radius 3 is 2.51 bits per heavy atom. The van der Waals surface area contributed by atoms with Crippen LogP contribution in [0.5, 0.6) is 5.75 Å². The number of Topliss-reactive ketones (excluding diaryl/α,β-unsaturated/α-hetero) is 1. The van der Waals surface area contributed by atoms with Crippen molar-refractivity contribution in [2.75, 3.05) is 10.5 Å². The van der Waals surface area contributed by atoms with Crippen LogP contribution in [0.3, 0.4) is 0 Å². The fraction of sp³-hybridized carbons (Fsp3) is 0.586. The number of benzene rings is 1. The minimum atomic E-state index is -3.51. The molecule has 0 bridgehead atoms. The van der Waals surface area contributed by atoms with Crippen LogP contribution in [-0.4, -0.2) is 25.1 Å². The Balaban J connectivity index is 1.58. The smallest absolute Gasteiger partial charge is 0.343 e. The highest BCUT2D eigenvalue weighted by molar-refractivity contribution is 7.92. The van der Waals surface area contributed by atoms with E-state index in [1.165, 1.54) is 6.42 Å². The Bertz CT molecular complexity index is 1260. The van der Waals surface area contributed by atoms with E-state index in [4.69, 9.17) is 4.42 Å². The molecule has 7 nitrogen and oxygen atoms in total. The van der Waals surface area contributed by atoms with Crippen LogP contribution in [0.2, 0.25) is 0 Å². The van der Waals surface area contributed by atoms with Gasteiger partial charge in [0.1, 0.15) is 11.5 Å². The third-order valence-electron chi connectivity index (χ3n) is 7.48. The zero-order valence-corrected chi connectivity index (χ0v) is 22.6. The predicted molar refractivity (Wildman–Crippen MR) is 145 cm³/mol. The standard InChI is InChI=1S/C29H39NO6S/c1-2-3-4-5-6-10-18-37(34,35)30-22-13-11-12-21(19-22)25(20-16-17-20)27-28(32)26-23(31)14-8-7-9-15-24(26)36-29(27)33/h11-13,19-20,25,30,32H,2-10,14-18H2,1H3. The Labute approximate surface area is 219 Å². The monoisotopic (exact) mass is 529 g/mol. The maximum atomic E-state index is 13.1. The van der Waals surface area contributed by atoms with Gasteiger partial charge in [0.25, 0.3) is 0 Å². The van der Waals surface area contributed by atoms with Gasteiger partial charge in [0.15, 0.2) is 5.78 Å². The molecule has 4 rings (SSSR count). The number of ketones is 1. The molecule has 0 spiro atoms. The van der Waals surface area contributed by atoms with Gasteiger partial charge in [-0.3, -0.25) is 9.52 Å². The number of carbonyl (C=O) groups is 1. The molecule has 0 amide bonds. The van der Waals surface area contributed by atoms with E-state index in [1.54, 1.807) is 18.2 Å². The summed E-state index contributed by atoms with van der Waals surface area (Å²) in [4.78, 5) is 26.0. The maximum absolute atomic E-state index is 13.1. The van der Waals surface area contributed by atoms with Gasteiger partial charge in [-0.25, -0.2) is 13.2 Å². The van der Waals surface area contributed by atoms with Crippen molar-refractivity contribution in [3.05, 3.63) is 57.1 Å². The molecule has 1 aromatic heterocycles. The largest absolute Gasteiger partial charge is 0.506 e. The number of hydrogen-bond donors (Lipinski definition) is 2. The molecule has 8 heteroatoms. The number of aryl methyl sites for hydroxylation is 1.